The summed E-state index contributed by atoms with van der Waals surface area (Å²) in [6, 6.07) is 8.57. The zero-order valence-corrected chi connectivity index (χ0v) is 11.3. The van der Waals surface area contributed by atoms with Crippen LogP contribution in [0.3, 0.4) is 0 Å². The molecule has 1 aromatic carbocycles. The van der Waals surface area contributed by atoms with E-state index in [0.29, 0.717) is 12.6 Å². The molecule has 1 unspecified atom stereocenters. The minimum absolute atomic E-state index is 0.485. The Morgan fingerprint density at radius 2 is 2.21 bits per heavy atom. The third-order valence-corrected chi connectivity index (χ3v) is 3.91. The first-order valence-corrected chi connectivity index (χ1v) is 6.77. The minimum Gasteiger partial charge on any atom is -0.459 e. The molecule has 0 aliphatic carbocycles. The number of hydrogen-bond acceptors (Lipinski definition) is 4. The third kappa shape index (κ3) is 2.39. The van der Waals surface area contributed by atoms with E-state index in [-0.39, 0.29) is 0 Å². The zero-order chi connectivity index (χ0) is 13.2. The molecule has 0 radical (unpaired) electrons. The fraction of sp³-hybridized carbons (Fsp3) is 0.467. The second-order valence-corrected chi connectivity index (χ2v) is 5.14. The van der Waals surface area contributed by atoms with Crippen LogP contribution < -0.4 is 5.73 Å². The van der Waals surface area contributed by atoms with E-state index in [1.807, 2.05) is 18.2 Å². The van der Waals surface area contributed by atoms with Gasteiger partial charge in [-0.25, -0.2) is 0 Å². The van der Waals surface area contributed by atoms with Crippen LogP contribution in [0.2, 0.25) is 0 Å². The van der Waals surface area contributed by atoms with Crippen molar-refractivity contribution in [2.45, 2.75) is 25.6 Å². The van der Waals surface area contributed by atoms with Gasteiger partial charge in [0.05, 0.1) is 13.2 Å². The Balaban J connectivity index is 1.87. The maximum atomic E-state index is 5.96. The number of nitrogens with zero attached hydrogens (tertiary/aromatic N) is 1. The van der Waals surface area contributed by atoms with Crippen LogP contribution in [0.1, 0.15) is 17.7 Å². The highest BCUT2D eigenvalue weighted by atomic mass is 16.5. The van der Waals surface area contributed by atoms with Crippen molar-refractivity contribution < 1.29 is 9.15 Å². The number of ether oxygens (including phenoxy) is 1. The Kier molecular flexibility index (Phi) is 3.55. The van der Waals surface area contributed by atoms with E-state index in [1.54, 1.807) is 0 Å². The van der Waals surface area contributed by atoms with Crippen LogP contribution in [0.25, 0.3) is 11.0 Å². The van der Waals surface area contributed by atoms with Crippen LogP contribution in [-0.2, 0) is 17.8 Å². The van der Waals surface area contributed by atoms with Crippen molar-refractivity contribution in [3.05, 3.63) is 35.6 Å². The van der Waals surface area contributed by atoms with Gasteiger partial charge in [-0.15, -0.1) is 0 Å². The molecule has 2 N–H and O–H groups in total. The first-order valence-electron chi connectivity index (χ1n) is 6.77. The monoisotopic (exact) mass is 260 g/mol. The summed E-state index contributed by atoms with van der Waals surface area (Å²) in [6.45, 7) is 2.98. The smallest absolute Gasteiger partial charge is 0.134 e. The Morgan fingerprint density at radius 1 is 1.37 bits per heavy atom. The lowest BCUT2D eigenvalue weighted by molar-refractivity contribution is 0.152. The lowest BCUT2D eigenvalue weighted by atomic mass is 10.1. The van der Waals surface area contributed by atoms with Gasteiger partial charge < -0.3 is 14.9 Å². The highest BCUT2D eigenvalue weighted by Gasteiger charge is 2.22. The molecular formula is C15H20N2O2. The largest absolute Gasteiger partial charge is 0.459 e. The summed E-state index contributed by atoms with van der Waals surface area (Å²) in [5.74, 6) is 0.984. The molecule has 4 heteroatoms. The Morgan fingerprint density at radius 3 is 2.95 bits per heavy atom. The van der Waals surface area contributed by atoms with E-state index in [1.165, 1.54) is 0 Å². The van der Waals surface area contributed by atoms with Gasteiger partial charge in [0, 0.05) is 30.1 Å². The van der Waals surface area contributed by atoms with Crippen LogP contribution in [-0.4, -0.2) is 31.2 Å². The second-order valence-electron chi connectivity index (χ2n) is 5.14. The van der Waals surface area contributed by atoms with E-state index in [9.17, 15) is 0 Å². The molecule has 1 atom stereocenters. The highest BCUT2D eigenvalue weighted by Crippen LogP contribution is 2.27. The van der Waals surface area contributed by atoms with Gasteiger partial charge in [0.2, 0.25) is 0 Å². The lowest BCUT2D eigenvalue weighted by Gasteiger charge is -2.21. The minimum atomic E-state index is 0.485. The van der Waals surface area contributed by atoms with E-state index in [2.05, 4.69) is 18.0 Å². The quantitative estimate of drug-likeness (QED) is 0.914. The molecule has 1 aliphatic rings. The summed E-state index contributed by atoms with van der Waals surface area (Å²) in [6.07, 6.45) is 1.09. The molecule has 3 rings (SSSR count). The molecule has 102 valence electrons. The maximum absolute atomic E-state index is 5.96. The fourth-order valence-corrected chi connectivity index (χ4v) is 2.73. The average molecular weight is 260 g/mol. The zero-order valence-electron chi connectivity index (χ0n) is 11.3. The van der Waals surface area contributed by atoms with E-state index >= 15 is 0 Å². The number of fused-ring (bicyclic) bond motifs is 1. The molecule has 0 saturated carbocycles. The molecule has 1 aromatic heterocycles. The number of para-hydroxylation sites is 1. The summed E-state index contributed by atoms with van der Waals surface area (Å²) in [7, 11) is 2.12. The topological polar surface area (TPSA) is 51.6 Å². The molecule has 2 aromatic rings. The summed E-state index contributed by atoms with van der Waals surface area (Å²) in [4.78, 5) is 2.30. The first-order chi connectivity index (χ1) is 9.29. The summed E-state index contributed by atoms with van der Waals surface area (Å²) in [5, 5.41) is 1.14. The summed E-state index contributed by atoms with van der Waals surface area (Å²) >= 11 is 0. The van der Waals surface area contributed by atoms with Gasteiger partial charge in [-0.3, -0.25) is 4.90 Å². The van der Waals surface area contributed by atoms with Gasteiger partial charge in [-0.05, 0) is 19.5 Å². The number of rotatable bonds is 4. The normalized spacial score (nSPS) is 19.6. The summed E-state index contributed by atoms with van der Waals surface area (Å²) in [5.41, 5.74) is 7.94. The van der Waals surface area contributed by atoms with Crippen molar-refractivity contribution in [1.82, 2.24) is 4.90 Å². The molecule has 0 bridgehead atoms. The van der Waals surface area contributed by atoms with Crippen molar-refractivity contribution in [1.29, 1.82) is 0 Å². The van der Waals surface area contributed by atoms with Gasteiger partial charge in [0.15, 0.2) is 0 Å². The number of hydrogen-bond donors (Lipinski definition) is 1. The van der Waals surface area contributed by atoms with E-state index in [0.717, 1.165) is 48.5 Å². The molecule has 1 aliphatic heterocycles. The van der Waals surface area contributed by atoms with Crippen molar-refractivity contribution in [2.75, 3.05) is 20.3 Å². The molecule has 4 nitrogen and oxygen atoms in total. The van der Waals surface area contributed by atoms with Crippen LogP contribution >= 0.6 is 0 Å². The number of furan rings is 1. The van der Waals surface area contributed by atoms with E-state index < -0.39 is 0 Å². The van der Waals surface area contributed by atoms with Crippen LogP contribution in [0, 0.1) is 0 Å². The number of likely N-dealkylation sites (N-methyl/N-ethyl adjacent to an activating group) is 1. The molecule has 1 saturated heterocycles. The molecular weight excluding hydrogens is 240 g/mol. The summed E-state index contributed by atoms with van der Waals surface area (Å²) < 4.78 is 11.4. The van der Waals surface area contributed by atoms with Crippen molar-refractivity contribution >= 4 is 11.0 Å². The predicted octanol–water partition coefficient (Wildman–Crippen LogP) is 2.11. The third-order valence-electron chi connectivity index (χ3n) is 3.91. The van der Waals surface area contributed by atoms with Gasteiger partial charge >= 0.3 is 0 Å². The first kappa shape index (κ1) is 12.7. The van der Waals surface area contributed by atoms with Gasteiger partial charge in [-0.2, -0.15) is 0 Å². The van der Waals surface area contributed by atoms with Crippen LogP contribution in [0.5, 0.6) is 0 Å². The molecule has 0 amide bonds. The number of benzene rings is 1. The van der Waals surface area contributed by atoms with Crippen LogP contribution in [0.4, 0.5) is 0 Å². The molecule has 2 heterocycles. The molecule has 0 spiro atoms. The van der Waals surface area contributed by atoms with Crippen LogP contribution in [0.15, 0.2) is 28.7 Å². The highest BCUT2D eigenvalue weighted by molar-refractivity contribution is 5.82. The number of nitrogens with two attached hydrogens (primary N) is 1. The van der Waals surface area contributed by atoms with Crippen molar-refractivity contribution in [3.8, 4) is 0 Å². The van der Waals surface area contributed by atoms with Gasteiger partial charge in [0.25, 0.3) is 0 Å². The Labute approximate surface area is 113 Å². The van der Waals surface area contributed by atoms with Gasteiger partial charge in [0.1, 0.15) is 11.3 Å². The molecule has 1 fully saturated rings. The SMILES string of the molecule is CN(Cc1oc2ccccc2c1CN)C1CCOC1. The predicted molar refractivity (Wildman–Crippen MR) is 74.8 cm³/mol. The second kappa shape index (κ2) is 5.33. The van der Waals surface area contributed by atoms with E-state index in [4.69, 9.17) is 14.9 Å². The average Bonchev–Trinajstić information content (AvgIpc) is 3.05. The van der Waals surface area contributed by atoms with Crippen molar-refractivity contribution in [3.63, 3.8) is 0 Å². The fourth-order valence-electron chi connectivity index (χ4n) is 2.73. The van der Waals surface area contributed by atoms with Crippen molar-refractivity contribution in [2.24, 2.45) is 5.73 Å². The Bertz CT molecular complexity index is 558. The standard InChI is InChI=1S/C15H20N2O2/c1-17(11-6-7-18-10-11)9-15-13(8-16)12-4-2-3-5-14(12)19-15/h2-5,11H,6-10,16H2,1H3. The molecule has 19 heavy (non-hydrogen) atoms. The maximum Gasteiger partial charge on any atom is 0.134 e. The van der Waals surface area contributed by atoms with Gasteiger partial charge in [-0.1, -0.05) is 18.2 Å². The lowest BCUT2D eigenvalue weighted by Crippen LogP contribution is -2.31. The Hall–Kier alpha value is -1.36.